The van der Waals surface area contributed by atoms with Crippen molar-refractivity contribution in [3.8, 4) is 0 Å². The van der Waals surface area contributed by atoms with E-state index < -0.39 is 6.10 Å². The molecule has 6 heteroatoms. The summed E-state index contributed by atoms with van der Waals surface area (Å²) in [4.78, 5) is 38.2. The fourth-order valence-electron chi connectivity index (χ4n) is 9.46. The number of carbonyl (C=O) groups excluding carboxylic acids is 3. The molecule has 0 rings (SSSR count). The summed E-state index contributed by atoms with van der Waals surface area (Å²) < 4.78 is 16.9. The quantitative estimate of drug-likeness (QED) is 0.0343. The van der Waals surface area contributed by atoms with Gasteiger partial charge in [-0.05, 0) is 25.2 Å². The summed E-state index contributed by atoms with van der Waals surface area (Å²) >= 11 is 0. The van der Waals surface area contributed by atoms with Crippen molar-refractivity contribution >= 4 is 17.9 Å². The maximum absolute atomic E-state index is 12.9. The van der Waals surface area contributed by atoms with E-state index >= 15 is 0 Å². The second-order valence-electron chi connectivity index (χ2n) is 21.5. The summed E-state index contributed by atoms with van der Waals surface area (Å²) in [7, 11) is 0. The standard InChI is InChI=1S/C61H118O6/c1-5-7-9-11-13-15-17-19-20-21-22-26-29-33-37-41-45-49-53-60(63)66-56-58(55-65-59(62)52-48-44-40-36-32-18-16-14-12-10-8-6-2)67-61(64)54-50-46-42-38-34-30-27-24-23-25-28-31-35-39-43-47-51-57(3)4/h57-58H,5-56H2,1-4H3/t58-/m0/s1. The van der Waals surface area contributed by atoms with Gasteiger partial charge in [0.1, 0.15) is 13.2 Å². The average Bonchev–Trinajstić information content (AvgIpc) is 3.31. The third-order valence-corrected chi connectivity index (χ3v) is 14.0. The molecule has 0 aromatic carbocycles. The summed E-state index contributed by atoms with van der Waals surface area (Å²) in [5.74, 6) is 0.0200. The molecular formula is C61H118O6. The topological polar surface area (TPSA) is 78.9 Å². The van der Waals surface area contributed by atoms with Gasteiger partial charge in [-0.25, -0.2) is 0 Å². The van der Waals surface area contributed by atoms with E-state index in [9.17, 15) is 14.4 Å². The Morgan fingerprint density at radius 1 is 0.284 bits per heavy atom. The van der Waals surface area contributed by atoms with E-state index in [1.54, 1.807) is 0 Å². The molecule has 0 aliphatic heterocycles. The van der Waals surface area contributed by atoms with E-state index in [0.29, 0.717) is 19.3 Å². The van der Waals surface area contributed by atoms with Crippen LogP contribution in [0.25, 0.3) is 0 Å². The largest absolute Gasteiger partial charge is 0.462 e. The first-order valence-corrected chi connectivity index (χ1v) is 30.4. The van der Waals surface area contributed by atoms with Crippen LogP contribution < -0.4 is 0 Å². The van der Waals surface area contributed by atoms with E-state index in [1.165, 1.54) is 244 Å². The molecule has 0 aromatic heterocycles. The van der Waals surface area contributed by atoms with Gasteiger partial charge < -0.3 is 14.2 Å². The van der Waals surface area contributed by atoms with Crippen molar-refractivity contribution < 1.29 is 28.6 Å². The first-order chi connectivity index (χ1) is 32.9. The molecule has 0 N–H and O–H groups in total. The van der Waals surface area contributed by atoms with Crippen molar-refractivity contribution in [2.24, 2.45) is 5.92 Å². The molecule has 1 atom stereocenters. The van der Waals surface area contributed by atoms with Crippen LogP contribution in [0.3, 0.4) is 0 Å². The first-order valence-electron chi connectivity index (χ1n) is 30.4. The molecule has 6 nitrogen and oxygen atoms in total. The maximum atomic E-state index is 12.9. The minimum absolute atomic E-state index is 0.0614. The normalized spacial score (nSPS) is 12.0. The molecule has 0 aliphatic carbocycles. The van der Waals surface area contributed by atoms with Crippen molar-refractivity contribution in [3.63, 3.8) is 0 Å². The second-order valence-corrected chi connectivity index (χ2v) is 21.5. The Morgan fingerprint density at radius 2 is 0.493 bits per heavy atom. The van der Waals surface area contributed by atoms with Crippen LogP contribution in [0, 0.1) is 5.92 Å². The van der Waals surface area contributed by atoms with Crippen molar-refractivity contribution in [2.45, 2.75) is 355 Å². The van der Waals surface area contributed by atoms with Gasteiger partial charge in [0.2, 0.25) is 0 Å². The van der Waals surface area contributed by atoms with Gasteiger partial charge >= 0.3 is 17.9 Å². The lowest BCUT2D eigenvalue weighted by atomic mass is 10.0. The maximum Gasteiger partial charge on any atom is 0.306 e. The molecule has 0 bridgehead atoms. The number of unbranched alkanes of at least 4 members (excludes halogenated alkanes) is 43. The summed E-state index contributed by atoms with van der Waals surface area (Å²) in [5, 5.41) is 0. The monoisotopic (exact) mass is 947 g/mol. The Bertz CT molecular complexity index is 1010. The van der Waals surface area contributed by atoms with Gasteiger partial charge in [-0.15, -0.1) is 0 Å². The third kappa shape index (κ3) is 55.2. The van der Waals surface area contributed by atoms with Crippen LogP contribution in [0.4, 0.5) is 0 Å². The Balaban J connectivity index is 4.25. The molecule has 0 aliphatic rings. The van der Waals surface area contributed by atoms with E-state index in [1.807, 2.05) is 0 Å². The molecule has 0 spiro atoms. The highest BCUT2D eigenvalue weighted by atomic mass is 16.6. The van der Waals surface area contributed by atoms with E-state index in [4.69, 9.17) is 14.2 Å². The van der Waals surface area contributed by atoms with Gasteiger partial charge in [-0.3, -0.25) is 14.4 Å². The van der Waals surface area contributed by atoms with Gasteiger partial charge in [0, 0.05) is 19.3 Å². The number of esters is 3. The lowest BCUT2D eigenvalue weighted by molar-refractivity contribution is -0.167. The van der Waals surface area contributed by atoms with Crippen molar-refractivity contribution in [2.75, 3.05) is 13.2 Å². The summed E-state index contributed by atoms with van der Waals surface area (Å²) in [6, 6.07) is 0. The van der Waals surface area contributed by atoms with Crippen LogP contribution in [0.2, 0.25) is 0 Å². The van der Waals surface area contributed by atoms with Crippen molar-refractivity contribution in [3.05, 3.63) is 0 Å². The predicted molar refractivity (Wildman–Crippen MR) is 289 cm³/mol. The van der Waals surface area contributed by atoms with E-state index in [2.05, 4.69) is 27.7 Å². The number of hydrogen-bond acceptors (Lipinski definition) is 6. The lowest BCUT2D eigenvalue weighted by Gasteiger charge is -2.18. The predicted octanol–water partition coefficient (Wildman–Crippen LogP) is 20.2. The van der Waals surface area contributed by atoms with Crippen LogP contribution in [0.5, 0.6) is 0 Å². The molecule has 0 amide bonds. The lowest BCUT2D eigenvalue weighted by Crippen LogP contribution is -2.30. The number of hydrogen-bond donors (Lipinski definition) is 0. The van der Waals surface area contributed by atoms with Crippen LogP contribution >= 0.6 is 0 Å². The third-order valence-electron chi connectivity index (χ3n) is 14.0. The van der Waals surface area contributed by atoms with Crippen molar-refractivity contribution in [1.82, 2.24) is 0 Å². The molecular weight excluding hydrogens is 829 g/mol. The van der Waals surface area contributed by atoms with Gasteiger partial charge in [0.05, 0.1) is 0 Å². The number of ether oxygens (including phenoxy) is 3. The Kier molecular flexibility index (Phi) is 54.0. The minimum atomic E-state index is -0.762. The molecule has 0 heterocycles. The van der Waals surface area contributed by atoms with Gasteiger partial charge in [0.15, 0.2) is 6.10 Å². The summed E-state index contributed by atoms with van der Waals surface area (Å²) in [6.07, 6.45) is 61.0. The highest BCUT2D eigenvalue weighted by molar-refractivity contribution is 5.71. The second kappa shape index (κ2) is 55.3. The smallest absolute Gasteiger partial charge is 0.306 e. The highest BCUT2D eigenvalue weighted by Gasteiger charge is 2.19. The van der Waals surface area contributed by atoms with Crippen molar-refractivity contribution in [1.29, 1.82) is 0 Å². The molecule has 0 aromatic rings. The molecule has 0 fully saturated rings. The first kappa shape index (κ1) is 65.4. The van der Waals surface area contributed by atoms with Gasteiger partial charge in [-0.1, -0.05) is 310 Å². The molecule has 0 saturated heterocycles. The Labute approximate surface area is 418 Å². The molecule has 0 saturated carbocycles. The van der Waals surface area contributed by atoms with Crippen LogP contribution in [0.1, 0.15) is 349 Å². The van der Waals surface area contributed by atoms with Gasteiger partial charge in [0.25, 0.3) is 0 Å². The number of rotatable bonds is 56. The molecule has 0 unspecified atom stereocenters. The summed E-state index contributed by atoms with van der Waals surface area (Å²) in [6.45, 7) is 9.08. The molecule has 0 radical (unpaired) electrons. The fraction of sp³-hybridized carbons (Fsp3) is 0.951. The number of carbonyl (C=O) groups is 3. The Morgan fingerprint density at radius 3 is 0.731 bits per heavy atom. The SMILES string of the molecule is CCCCCCCCCCCCCCCCCCCCC(=O)OC[C@H](COC(=O)CCCCCCCCCCCCCC)OC(=O)CCCCCCCCCCCCCCCCCCC(C)C. The zero-order valence-corrected chi connectivity index (χ0v) is 45.9. The molecule has 67 heavy (non-hydrogen) atoms. The fourth-order valence-corrected chi connectivity index (χ4v) is 9.46. The van der Waals surface area contributed by atoms with E-state index in [-0.39, 0.29) is 31.1 Å². The van der Waals surface area contributed by atoms with Crippen LogP contribution in [-0.2, 0) is 28.6 Å². The minimum Gasteiger partial charge on any atom is -0.462 e. The van der Waals surface area contributed by atoms with Crippen LogP contribution in [0.15, 0.2) is 0 Å². The highest BCUT2D eigenvalue weighted by Crippen LogP contribution is 2.18. The zero-order chi connectivity index (χ0) is 48.8. The summed E-state index contributed by atoms with van der Waals surface area (Å²) in [5.41, 5.74) is 0. The zero-order valence-electron chi connectivity index (χ0n) is 45.9. The van der Waals surface area contributed by atoms with Crippen LogP contribution in [-0.4, -0.2) is 37.2 Å². The molecule has 398 valence electrons. The van der Waals surface area contributed by atoms with Gasteiger partial charge in [-0.2, -0.15) is 0 Å². The average molecular weight is 948 g/mol. The van der Waals surface area contributed by atoms with E-state index in [0.717, 1.165) is 63.7 Å². The Hall–Kier alpha value is -1.59.